The van der Waals surface area contributed by atoms with Gasteiger partial charge < -0.3 is 15.3 Å². The molecule has 0 radical (unpaired) electrons. The summed E-state index contributed by atoms with van der Waals surface area (Å²) in [6, 6.07) is 11.6. The van der Waals surface area contributed by atoms with Crippen LogP contribution in [0, 0.1) is 13.8 Å². The fraction of sp³-hybridized carbons (Fsp3) is 0.190. The Bertz CT molecular complexity index is 1230. The zero-order chi connectivity index (χ0) is 20.5. The lowest BCUT2D eigenvalue weighted by molar-refractivity contribution is -0.115. The minimum Gasteiger partial charge on any atom is -0.325 e. The molecule has 3 N–H and O–H groups in total. The number of hydrogen-bond acceptors (Lipinski definition) is 4. The van der Waals surface area contributed by atoms with Crippen LogP contribution in [0.15, 0.2) is 58.7 Å². The van der Waals surface area contributed by atoms with Gasteiger partial charge in [0.15, 0.2) is 5.16 Å². The number of hydrogen-bond donors (Lipinski definition) is 3. The second kappa shape index (κ2) is 7.63. The lowest BCUT2D eigenvalue weighted by atomic mass is 10.1. The molecule has 148 valence electrons. The molecule has 7 nitrogen and oxygen atoms in total. The number of aromatic amines is 2. The molecule has 1 unspecified atom stereocenters. The molecule has 0 saturated heterocycles. The zero-order valence-electron chi connectivity index (χ0n) is 16.3. The van der Waals surface area contributed by atoms with Gasteiger partial charge in [0.2, 0.25) is 5.91 Å². The van der Waals surface area contributed by atoms with Gasteiger partial charge >= 0.3 is 5.69 Å². The van der Waals surface area contributed by atoms with Crippen molar-refractivity contribution in [2.45, 2.75) is 31.2 Å². The van der Waals surface area contributed by atoms with E-state index in [-0.39, 0.29) is 16.8 Å². The number of anilines is 1. The average molecular weight is 407 g/mol. The Hall–Kier alpha value is -3.26. The molecule has 8 heteroatoms. The quantitative estimate of drug-likeness (QED) is 0.439. The molecular formula is C21H21N5O2S. The second-order valence-electron chi connectivity index (χ2n) is 7.01. The van der Waals surface area contributed by atoms with Gasteiger partial charge in [0.05, 0.1) is 16.3 Å². The maximum Gasteiger partial charge on any atom is 0.323 e. The van der Waals surface area contributed by atoms with Gasteiger partial charge in [0, 0.05) is 23.8 Å². The van der Waals surface area contributed by atoms with Crippen molar-refractivity contribution < 1.29 is 4.79 Å². The maximum atomic E-state index is 12.7. The molecule has 2 aromatic heterocycles. The molecule has 2 aromatic carbocycles. The first-order valence-corrected chi connectivity index (χ1v) is 10.1. The topological polar surface area (TPSA) is 95.6 Å². The summed E-state index contributed by atoms with van der Waals surface area (Å²) in [7, 11) is 0. The molecule has 4 aromatic rings. The number of aryl methyl sites for hydroxylation is 2. The maximum absolute atomic E-state index is 12.7. The van der Waals surface area contributed by atoms with Gasteiger partial charge in [-0.2, -0.15) is 0 Å². The van der Waals surface area contributed by atoms with E-state index in [4.69, 9.17) is 0 Å². The van der Waals surface area contributed by atoms with E-state index in [2.05, 4.69) is 52.3 Å². The van der Waals surface area contributed by atoms with Gasteiger partial charge in [0.25, 0.3) is 0 Å². The monoisotopic (exact) mass is 407 g/mol. The predicted octanol–water partition coefficient (Wildman–Crippen LogP) is 3.78. The molecule has 0 aliphatic rings. The highest BCUT2D eigenvalue weighted by Crippen LogP contribution is 2.26. The summed E-state index contributed by atoms with van der Waals surface area (Å²) >= 11 is 1.39. The van der Waals surface area contributed by atoms with Crippen LogP contribution in [0.5, 0.6) is 0 Å². The van der Waals surface area contributed by atoms with Crippen LogP contribution in [0.4, 0.5) is 5.69 Å². The van der Waals surface area contributed by atoms with Crippen LogP contribution in [-0.4, -0.2) is 30.7 Å². The van der Waals surface area contributed by atoms with Crippen molar-refractivity contribution in [3.63, 3.8) is 0 Å². The highest BCUT2D eigenvalue weighted by Gasteiger charge is 2.18. The number of thioether (sulfide) groups is 1. The number of fused-ring (bicyclic) bond motifs is 1. The van der Waals surface area contributed by atoms with Gasteiger partial charge in [-0.1, -0.05) is 17.8 Å². The van der Waals surface area contributed by atoms with E-state index in [1.165, 1.54) is 22.9 Å². The third-order valence-electron chi connectivity index (χ3n) is 4.53. The van der Waals surface area contributed by atoms with Crippen LogP contribution >= 0.6 is 11.8 Å². The predicted molar refractivity (Wildman–Crippen MR) is 116 cm³/mol. The van der Waals surface area contributed by atoms with Crippen LogP contribution in [0.25, 0.3) is 16.7 Å². The standard InChI is InChI=1S/C21H21N5O2S/c1-12-8-13(2)10-16(9-12)26-7-6-22-21(26)29-14(3)19(27)23-15-4-5-17-18(11-15)25-20(28)24-17/h4-11,14H,1-3H3,(H,23,27)(H2,24,25,28). The molecule has 0 aliphatic carbocycles. The van der Waals surface area contributed by atoms with E-state index in [9.17, 15) is 9.59 Å². The summed E-state index contributed by atoms with van der Waals surface area (Å²) in [6.07, 6.45) is 3.64. The molecule has 4 rings (SSSR count). The number of benzene rings is 2. The lowest BCUT2D eigenvalue weighted by Crippen LogP contribution is -2.22. The number of carbonyl (C=O) groups is 1. The Labute approximate surface area is 171 Å². The largest absolute Gasteiger partial charge is 0.325 e. The van der Waals surface area contributed by atoms with Crippen molar-refractivity contribution in [1.82, 2.24) is 19.5 Å². The molecule has 0 saturated carbocycles. The van der Waals surface area contributed by atoms with Gasteiger partial charge in [-0.15, -0.1) is 0 Å². The number of nitrogens with one attached hydrogen (secondary N) is 3. The summed E-state index contributed by atoms with van der Waals surface area (Å²) in [6.45, 7) is 5.97. The number of carbonyl (C=O) groups excluding carboxylic acids is 1. The van der Waals surface area contributed by atoms with E-state index in [0.717, 1.165) is 10.8 Å². The number of aromatic nitrogens is 4. The third kappa shape index (κ3) is 4.12. The fourth-order valence-electron chi connectivity index (χ4n) is 3.23. The summed E-state index contributed by atoms with van der Waals surface area (Å²) in [4.78, 5) is 33.9. The Morgan fingerprint density at radius 1 is 1.10 bits per heavy atom. The summed E-state index contributed by atoms with van der Waals surface area (Å²) < 4.78 is 1.99. The SMILES string of the molecule is Cc1cc(C)cc(-n2ccnc2SC(C)C(=O)Nc2ccc3[nH]c(=O)[nH]c3c2)c1. The smallest absolute Gasteiger partial charge is 0.323 e. The first-order valence-electron chi connectivity index (χ1n) is 9.20. The summed E-state index contributed by atoms with van der Waals surface area (Å²) in [5, 5.41) is 3.29. The number of amides is 1. The van der Waals surface area contributed by atoms with E-state index in [0.29, 0.717) is 16.7 Å². The summed E-state index contributed by atoms with van der Waals surface area (Å²) in [5.74, 6) is -0.137. The highest BCUT2D eigenvalue weighted by atomic mass is 32.2. The van der Waals surface area contributed by atoms with Crippen molar-refractivity contribution in [3.05, 3.63) is 70.4 Å². The molecule has 0 spiro atoms. The normalized spacial score (nSPS) is 12.2. The Kier molecular flexibility index (Phi) is 5.02. The van der Waals surface area contributed by atoms with Gasteiger partial charge in [-0.3, -0.25) is 9.36 Å². The van der Waals surface area contributed by atoms with Gasteiger partial charge in [-0.05, 0) is 62.2 Å². The molecule has 0 bridgehead atoms. The average Bonchev–Trinajstić information content (AvgIpc) is 3.25. The van der Waals surface area contributed by atoms with E-state index >= 15 is 0 Å². The van der Waals surface area contributed by atoms with Crippen LogP contribution in [0.3, 0.4) is 0 Å². The highest BCUT2D eigenvalue weighted by molar-refractivity contribution is 8.00. The Morgan fingerprint density at radius 2 is 1.83 bits per heavy atom. The van der Waals surface area contributed by atoms with Crippen molar-refractivity contribution in [2.24, 2.45) is 0 Å². The van der Waals surface area contributed by atoms with E-state index in [1.54, 1.807) is 24.4 Å². The van der Waals surface area contributed by atoms with Crippen molar-refractivity contribution in [3.8, 4) is 5.69 Å². The third-order valence-corrected chi connectivity index (χ3v) is 5.61. The van der Waals surface area contributed by atoms with E-state index < -0.39 is 0 Å². The lowest BCUT2D eigenvalue weighted by Gasteiger charge is -2.14. The minimum atomic E-state index is -0.358. The number of nitrogens with zero attached hydrogens (tertiary/aromatic N) is 2. The van der Waals surface area contributed by atoms with Gasteiger partial charge in [0.1, 0.15) is 0 Å². The van der Waals surface area contributed by atoms with Crippen molar-refractivity contribution in [1.29, 1.82) is 0 Å². The molecule has 1 atom stereocenters. The van der Waals surface area contributed by atoms with Crippen molar-refractivity contribution >= 4 is 34.4 Å². The Morgan fingerprint density at radius 3 is 2.59 bits per heavy atom. The fourth-order valence-corrected chi connectivity index (χ4v) is 4.11. The molecule has 2 heterocycles. The molecule has 0 aliphatic heterocycles. The molecule has 29 heavy (non-hydrogen) atoms. The first kappa shape index (κ1) is 19.1. The van der Waals surface area contributed by atoms with E-state index in [1.807, 2.05) is 17.7 Å². The second-order valence-corrected chi connectivity index (χ2v) is 8.32. The van der Waals surface area contributed by atoms with Crippen LogP contribution < -0.4 is 11.0 Å². The van der Waals surface area contributed by atoms with Crippen LogP contribution in [0.1, 0.15) is 18.1 Å². The van der Waals surface area contributed by atoms with Crippen LogP contribution in [0.2, 0.25) is 0 Å². The minimum absolute atomic E-state index is 0.137. The summed E-state index contributed by atoms with van der Waals surface area (Å²) in [5.41, 5.74) is 5.08. The molecular weight excluding hydrogens is 386 g/mol. The number of imidazole rings is 2. The molecule has 0 fully saturated rings. The van der Waals surface area contributed by atoms with Crippen LogP contribution in [-0.2, 0) is 4.79 Å². The molecule has 1 amide bonds. The number of rotatable bonds is 5. The zero-order valence-corrected chi connectivity index (χ0v) is 17.1. The van der Waals surface area contributed by atoms with Crippen molar-refractivity contribution in [2.75, 3.05) is 5.32 Å². The van der Waals surface area contributed by atoms with Gasteiger partial charge in [-0.25, -0.2) is 9.78 Å². The number of H-pyrrole nitrogens is 2. The Balaban J connectivity index is 1.50. The first-order chi connectivity index (χ1) is 13.9.